The summed E-state index contributed by atoms with van der Waals surface area (Å²) >= 11 is 5.85. The number of fused-ring (bicyclic) bond motifs is 1. The predicted molar refractivity (Wildman–Crippen MR) is 70.6 cm³/mol. The lowest BCUT2D eigenvalue weighted by Crippen LogP contribution is -2.11. The highest BCUT2D eigenvalue weighted by Crippen LogP contribution is 2.25. The van der Waals surface area contributed by atoms with Crippen LogP contribution < -0.4 is 0 Å². The summed E-state index contributed by atoms with van der Waals surface area (Å²) in [4.78, 5) is 11.3. The smallest absolute Gasteiger partial charge is 0.312 e. The molecule has 0 spiro atoms. The monoisotopic (exact) mass is 286 g/mol. The molecule has 0 amide bonds. The number of nitrogens with zero attached hydrogens (tertiary/aromatic N) is 4. The number of hydrogen-bond donors (Lipinski definition) is 1. The van der Waals surface area contributed by atoms with E-state index < -0.39 is 6.08 Å². The molecule has 0 aromatic carbocycles. The van der Waals surface area contributed by atoms with Crippen LogP contribution in [0.2, 0.25) is 5.15 Å². The van der Waals surface area contributed by atoms with Gasteiger partial charge in [-0.1, -0.05) is 31.4 Å². The Morgan fingerprint density at radius 1 is 1.42 bits per heavy atom. The van der Waals surface area contributed by atoms with E-state index in [1.807, 2.05) is 0 Å². The second-order valence-corrected chi connectivity index (χ2v) is 4.77. The zero-order valence-corrected chi connectivity index (χ0v) is 11.4. The standard InChI is InChI=1S/C12H16ClFN4O/c1-2-3-4-8(5-6-19)18-7-15-9-10(13)16-12(14)17-11(9)18/h7-8,19H,2-6H2,1H3. The van der Waals surface area contributed by atoms with Crippen LogP contribution in [0, 0.1) is 6.08 Å². The molecule has 2 aromatic rings. The molecule has 1 atom stereocenters. The van der Waals surface area contributed by atoms with Crippen LogP contribution in [0.3, 0.4) is 0 Å². The Morgan fingerprint density at radius 2 is 2.21 bits per heavy atom. The van der Waals surface area contributed by atoms with Crippen molar-refractivity contribution in [2.24, 2.45) is 0 Å². The van der Waals surface area contributed by atoms with Crippen molar-refractivity contribution in [3.05, 3.63) is 17.6 Å². The van der Waals surface area contributed by atoms with E-state index in [9.17, 15) is 4.39 Å². The van der Waals surface area contributed by atoms with Crippen LogP contribution in [-0.4, -0.2) is 31.2 Å². The third-order valence-electron chi connectivity index (χ3n) is 3.10. The minimum Gasteiger partial charge on any atom is -0.396 e. The molecular formula is C12H16ClFN4O. The molecular weight excluding hydrogens is 271 g/mol. The van der Waals surface area contributed by atoms with Crippen molar-refractivity contribution >= 4 is 22.8 Å². The molecule has 0 aliphatic heterocycles. The number of aliphatic hydroxyl groups is 1. The predicted octanol–water partition coefficient (Wildman–Crippen LogP) is 2.73. The van der Waals surface area contributed by atoms with E-state index in [2.05, 4.69) is 21.9 Å². The molecule has 0 aliphatic rings. The van der Waals surface area contributed by atoms with E-state index in [0.29, 0.717) is 17.6 Å². The van der Waals surface area contributed by atoms with Crippen molar-refractivity contribution < 1.29 is 9.50 Å². The van der Waals surface area contributed by atoms with Gasteiger partial charge < -0.3 is 9.67 Å². The van der Waals surface area contributed by atoms with Gasteiger partial charge in [0.15, 0.2) is 10.8 Å². The molecule has 0 saturated heterocycles. The summed E-state index contributed by atoms with van der Waals surface area (Å²) in [6.45, 7) is 2.16. The summed E-state index contributed by atoms with van der Waals surface area (Å²) in [6.07, 6.45) is 4.25. The van der Waals surface area contributed by atoms with E-state index in [-0.39, 0.29) is 17.8 Å². The topological polar surface area (TPSA) is 63.8 Å². The summed E-state index contributed by atoms with van der Waals surface area (Å²) in [7, 11) is 0. The van der Waals surface area contributed by atoms with E-state index in [0.717, 1.165) is 19.3 Å². The summed E-state index contributed by atoms with van der Waals surface area (Å²) in [5.74, 6) is 0. The molecule has 1 N–H and O–H groups in total. The molecule has 104 valence electrons. The lowest BCUT2D eigenvalue weighted by Gasteiger charge is -2.17. The first-order chi connectivity index (χ1) is 9.17. The maximum absolute atomic E-state index is 13.3. The van der Waals surface area contributed by atoms with Crippen LogP contribution >= 0.6 is 11.6 Å². The Balaban J connectivity index is 2.41. The molecule has 0 radical (unpaired) electrons. The van der Waals surface area contributed by atoms with Crippen LogP contribution in [0.1, 0.15) is 38.6 Å². The van der Waals surface area contributed by atoms with Gasteiger partial charge in [0.25, 0.3) is 0 Å². The van der Waals surface area contributed by atoms with Gasteiger partial charge in [-0.25, -0.2) is 4.98 Å². The third kappa shape index (κ3) is 3.01. The van der Waals surface area contributed by atoms with Gasteiger partial charge in [0.05, 0.1) is 6.33 Å². The fourth-order valence-corrected chi connectivity index (χ4v) is 2.34. The molecule has 2 heterocycles. The fourth-order valence-electron chi connectivity index (χ4n) is 2.14. The molecule has 0 aliphatic carbocycles. The van der Waals surface area contributed by atoms with Gasteiger partial charge in [0.2, 0.25) is 0 Å². The first kappa shape index (κ1) is 14.1. The summed E-state index contributed by atoms with van der Waals surface area (Å²) in [5, 5.41) is 9.16. The van der Waals surface area contributed by atoms with Crippen molar-refractivity contribution in [3.8, 4) is 0 Å². The van der Waals surface area contributed by atoms with E-state index in [1.54, 1.807) is 10.9 Å². The van der Waals surface area contributed by atoms with Crippen molar-refractivity contribution in [2.75, 3.05) is 6.61 Å². The molecule has 1 unspecified atom stereocenters. The number of rotatable bonds is 6. The normalized spacial score (nSPS) is 13.1. The highest BCUT2D eigenvalue weighted by molar-refractivity contribution is 6.33. The van der Waals surface area contributed by atoms with Gasteiger partial charge in [-0.15, -0.1) is 0 Å². The van der Waals surface area contributed by atoms with Crippen LogP contribution in [-0.2, 0) is 0 Å². The Bertz CT molecular complexity index is 560. The third-order valence-corrected chi connectivity index (χ3v) is 3.36. The van der Waals surface area contributed by atoms with Gasteiger partial charge in [-0.3, -0.25) is 0 Å². The highest BCUT2D eigenvalue weighted by Gasteiger charge is 2.17. The number of imidazole rings is 1. The lowest BCUT2D eigenvalue weighted by molar-refractivity contribution is 0.252. The number of hydrogen-bond acceptors (Lipinski definition) is 4. The first-order valence-corrected chi connectivity index (χ1v) is 6.71. The molecule has 2 rings (SSSR count). The van der Waals surface area contributed by atoms with Gasteiger partial charge in [-0.2, -0.15) is 14.4 Å². The highest BCUT2D eigenvalue weighted by atomic mass is 35.5. The van der Waals surface area contributed by atoms with Crippen LogP contribution in [0.15, 0.2) is 6.33 Å². The molecule has 19 heavy (non-hydrogen) atoms. The van der Waals surface area contributed by atoms with Crippen molar-refractivity contribution in [2.45, 2.75) is 38.6 Å². The lowest BCUT2D eigenvalue weighted by atomic mass is 10.1. The van der Waals surface area contributed by atoms with Crippen LogP contribution in [0.25, 0.3) is 11.2 Å². The second-order valence-electron chi connectivity index (χ2n) is 4.42. The number of aliphatic hydroxyl groups excluding tert-OH is 1. The fraction of sp³-hybridized carbons (Fsp3) is 0.583. The average molecular weight is 287 g/mol. The maximum atomic E-state index is 13.3. The molecule has 0 bridgehead atoms. The van der Waals surface area contributed by atoms with Crippen molar-refractivity contribution in [1.29, 1.82) is 0 Å². The van der Waals surface area contributed by atoms with Crippen molar-refractivity contribution in [3.63, 3.8) is 0 Å². The van der Waals surface area contributed by atoms with E-state index in [4.69, 9.17) is 16.7 Å². The minimum absolute atomic E-state index is 0.0134. The number of halogens is 2. The quantitative estimate of drug-likeness (QED) is 0.655. The number of unbranched alkanes of at least 4 members (excludes halogenated alkanes) is 1. The maximum Gasteiger partial charge on any atom is 0.312 e. The Hall–Kier alpha value is -1.27. The first-order valence-electron chi connectivity index (χ1n) is 6.33. The van der Waals surface area contributed by atoms with Crippen LogP contribution in [0.4, 0.5) is 4.39 Å². The Morgan fingerprint density at radius 3 is 2.89 bits per heavy atom. The van der Waals surface area contributed by atoms with Gasteiger partial charge in [0, 0.05) is 12.6 Å². The van der Waals surface area contributed by atoms with Crippen LogP contribution in [0.5, 0.6) is 0 Å². The summed E-state index contributed by atoms with van der Waals surface area (Å²) < 4.78 is 15.0. The Kier molecular flexibility index (Phi) is 4.66. The summed E-state index contributed by atoms with van der Waals surface area (Å²) in [6, 6.07) is 0.0420. The largest absolute Gasteiger partial charge is 0.396 e. The van der Waals surface area contributed by atoms with Crippen molar-refractivity contribution in [1.82, 2.24) is 19.5 Å². The van der Waals surface area contributed by atoms with Gasteiger partial charge >= 0.3 is 6.08 Å². The van der Waals surface area contributed by atoms with Gasteiger partial charge in [-0.05, 0) is 12.8 Å². The molecule has 5 nitrogen and oxygen atoms in total. The number of aromatic nitrogens is 4. The second kappa shape index (κ2) is 6.25. The zero-order chi connectivity index (χ0) is 13.8. The summed E-state index contributed by atoms with van der Waals surface area (Å²) in [5.41, 5.74) is 0.773. The Labute approximate surface area is 115 Å². The average Bonchev–Trinajstić information content (AvgIpc) is 2.78. The SMILES string of the molecule is CCCCC(CCO)n1cnc2c(Cl)nc(F)nc21. The van der Waals surface area contributed by atoms with E-state index >= 15 is 0 Å². The zero-order valence-electron chi connectivity index (χ0n) is 10.7. The minimum atomic E-state index is -0.863. The molecule has 0 saturated carbocycles. The molecule has 7 heteroatoms. The molecule has 0 fully saturated rings. The van der Waals surface area contributed by atoms with E-state index in [1.165, 1.54) is 0 Å². The van der Waals surface area contributed by atoms with Gasteiger partial charge in [0.1, 0.15) is 5.52 Å². The molecule has 2 aromatic heterocycles.